The Morgan fingerprint density at radius 2 is 2.08 bits per heavy atom. The highest BCUT2D eigenvalue weighted by atomic mass is 16.5. The fourth-order valence-corrected chi connectivity index (χ4v) is 3.65. The Labute approximate surface area is 150 Å². The Kier molecular flexibility index (Phi) is 3.95. The maximum absolute atomic E-state index is 12.8. The van der Waals surface area contributed by atoms with E-state index in [1.54, 1.807) is 11.6 Å². The van der Waals surface area contributed by atoms with Crippen molar-refractivity contribution in [1.82, 2.24) is 9.55 Å². The second kappa shape index (κ2) is 6.29. The van der Waals surface area contributed by atoms with E-state index in [4.69, 9.17) is 9.72 Å². The minimum atomic E-state index is -0.391. The van der Waals surface area contributed by atoms with E-state index in [9.17, 15) is 9.59 Å². The number of esters is 1. The molecule has 1 N–H and O–H groups in total. The Bertz CT molecular complexity index is 1070. The molecule has 0 saturated carbocycles. The van der Waals surface area contributed by atoms with E-state index in [1.807, 2.05) is 42.5 Å². The van der Waals surface area contributed by atoms with Crippen molar-refractivity contribution in [3.8, 4) is 0 Å². The molecule has 2 aromatic carbocycles. The van der Waals surface area contributed by atoms with Crippen LogP contribution >= 0.6 is 0 Å². The van der Waals surface area contributed by atoms with Crippen molar-refractivity contribution in [3.05, 3.63) is 69.8 Å². The zero-order valence-corrected chi connectivity index (χ0v) is 14.7. The van der Waals surface area contributed by atoms with Gasteiger partial charge in [-0.05, 0) is 36.2 Å². The first-order valence-corrected chi connectivity index (χ1v) is 8.53. The van der Waals surface area contributed by atoms with Crippen molar-refractivity contribution in [1.29, 1.82) is 0 Å². The van der Waals surface area contributed by atoms with E-state index in [1.165, 1.54) is 7.11 Å². The summed E-state index contributed by atoms with van der Waals surface area (Å²) in [6.45, 7) is 0.623. The number of hydrogen-bond donors (Lipinski definition) is 1. The highest BCUT2D eigenvalue weighted by Crippen LogP contribution is 2.34. The van der Waals surface area contributed by atoms with Gasteiger partial charge in [-0.1, -0.05) is 18.2 Å². The number of aromatic nitrogens is 2. The second-order valence-corrected chi connectivity index (χ2v) is 6.33. The third-order valence-electron chi connectivity index (χ3n) is 4.96. The number of benzene rings is 2. The fraction of sp³-hybridized carbons (Fsp3) is 0.250. The van der Waals surface area contributed by atoms with Crippen LogP contribution in [0.1, 0.15) is 34.1 Å². The average Bonchev–Trinajstić information content (AvgIpc) is 3.11. The molecule has 0 radical (unpaired) electrons. The Morgan fingerprint density at radius 3 is 2.85 bits per heavy atom. The van der Waals surface area contributed by atoms with Gasteiger partial charge in [-0.3, -0.25) is 9.36 Å². The first-order chi connectivity index (χ1) is 12.6. The van der Waals surface area contributed by atoms with Crippen molar-refractivity contribution in [2.45, 2.75) is 18.9 Å². The van der Waals surface area contributed by atoms with Crippen LogP contribution in [0.3, 0.4) is 0 Å². The molecule has 0 bridgehead atoms. The normalized spacial score (nSPS) is 15.7. The molecule has 0 fully saturated rings. The first kappa shape index (κ1) is 16.3. The van der Waals surface area contributed by atoms with Crippen LogP contribution in [-0.4, -0.2) is 29.7 Å². The predicted molar refractivity (Wildman–Crippen MR) is 99.8 cm³/mol. The molecule has 4 rings (SSSR count). The summed E-state index contributed by atoms with van der Waals surface area (Å²) in [7, 11) is 3.13. The van der Waals surface area contributed by atoms with Crippen LogP contribution in [0.2, 0.25) is 0 Å². The maximum Gasteiger partial charge on any atom is 0.339 e. The molecule has 3 aromatic rings. The number of para-hydroxylation sites is 1. The van der Waals surface area contributed by atoms with Crippen molar-refractivity contribution in [2.75, 3.05) is 19.5 Å². The molecule has 6 heteroatoms. The van der Waals surface area contributed by atoms with Gasteiger partial charge in [0.1, 0.15) is 5.82 Å². The quantitative estimate of drug-likeness (QED) is 0.736. The number of hydrogen-bond acceptors (Lipinski definition) is 5. The SMILES string of the molecule is CNc1ccc([C@H]2CCn3c2nc2ccccc2c3=O)cc1C(=O)OC. The summed E-state index contributed by atoms with van der Waals surface area (Å²) in [5, 5.41) is 3.65. The van der Waals surface area contributed by atoms with Crippen molar-refractivity contribution in [3.63, 3.8) is 0 Å². The molecule has 0 amide bonds. The summed E-state index contributed by atoms with van der Waals surface area (Å²) >= 11 is 0. The zero-order valence-electron chi connectivity index (χ0n) is 14.7. The predicted octanol–water partition coefficient (Wildman–Crippen LogP) is 2.76. The van der Waals surface area contributed by atoms with Gasteiger partial charge in [-0.15, -0.1) is 0 Å². The van der Waals surface area contributed by atoms with Crippen LogP contribution in [0, 0.1) is 0 Å². The van der Waals surface area contributed by atoms with Crippen LogP contribution in [-0.2, 0) is 11.3 Å². The van der Waals surface area contributed by atoms with Crippen molar-refractivity contribution in [2.24, 2.45) is 0 Å². The van der Waals surface area contributed by atoms with E-state index in [-0.39, 0.29) is 11.5 Å². The van der Waals surface area contributed by atoms with Gasteiger partial charge in [0.05, 0.1) is 23.6 Å². The van der Waals surface area contributed by atoms with E-state index in [0.717, 1.165) is 17.8 Å². The maximum atomic E-state index is 12.8. The monoisotopic (exact) mass is 349 g/mol. The molecule has 0 saturated heterocycles. The highest BCUT2D eigenvalue weighted by Gasteiger charge is 2.28. The third-order valence-corrected chi connectivity index (χ3v) is 4.96. The summed E-state index contributed by atoms with van der Waals surface area (Å²) in [4.78, 5) is 29.6. The number of carbonyl (C=O) groups is 1. The number of fused-ring (bicyclic) bond motifs is 2. The largest absolute Gasteiger partial charge is 0.465 e. The Morgan fingerprint density at radius 1 is 1.27 bits per heavy atom. The van der Waals surface area contributed by atoms with Gasteiger partial charge in [0.25, 0.3) is 5.56 Å². The zero-order chi connectivity index (χ0) is 18.3. The lowest BCUT2D eigenvalue weighted by atomic mass is 9.94. The molecule has 26 heavy (non-hydrogen) atoms. The lowest BCUT2D eigenvalue weighted by molar-refractivity contribution is 0.0601. The standard InChI is InChI=1S/C20H19N3O3/c1-21-16-8-7-12(11-15(16)20(25)26-2)13-9-10-23-18(13)22-17-6-4-3-5-14(17)19(23)24/h3-8,11,13,21H,9-10H2,1-2H3/t13-/m1/s1. The lowest BCUT2D eigenvalue weighted by Gasteiger charge is -2.15. The number of nitrogens with zero attached hydrogens (tertiary/aromatic N) is 2. The molecule has 1 aromatic heterocycles. The number of methoxy groups -OCH3 is 1. The van der Waals surface area contributed by atoms with Gasteiger partial charge >= 0.3 is 5.97 Å². The molecule has 1 aliphatic rings. The molecule has 1 aliphatic heterocycles. The molecular weight excluding hydrogens is 330 g/mol. The topological polar surface area (TPSA) is 73.2 Å². The van der Waals surface area contributed by atoms with Gasteiger partial charge in [-0.25, -0.2) is 9.78 Å². The molecule has 0 aliphatic carbocycles. The van der Waals surface area contributed by atoms with E-state index < -0.39 is 5.97 Å². The lowest BCUT2D eigenvalue weighted by Crippen LogP contribution is -2.21. The Hall–Kier alpha value is -3.15. The van der Waals surface area contributed by atoms with Crippen LogP contribution < -0.4 is 10.9 Å². The van der Waals surface area contributed by atoms with E-state index in [0.29, 0.717) is 28.7 Å². The fourth-order valence-electron chi connectivity index (χ4n) is 3.65. The third kappa shape index (κ3) is 2.45. The minimum Gasteiger partial charge on any atom is -0.465 e. The summed E-state index contributed by atoms with van der Waals surface area (Å²) in [6.07, 6.45) is 0.776. The van der Waals surface area contributed by atoms with Gasteiger partial charge < -0.3 is 10.1 Å². The molecule has 132 valence electrons. The number of ether oxygens (including phenoxy) is 1. The molecular formula is C20H19N3O3. The van der Waals surface area contributed by atoms with Crippen molar-refractivity contribution < 1.29 is 9.53 Å². The van der Waals surface area contributed by atoms with E-state index >= 15 is 0 Å². The van der Waals surface area contributed by atoms with Crippen LogP contribution in [0.15, 0.2) is 47.3 Å². The number of carbonyl (C=O) groups excluding carboxylic acids is 1. The number of rotatable bonds is 3. The molecule has 2 heterocycles. The number of anilines is 1. The summed E-state index contributed by atoms with van der Waals surface area (Å²) in [5.74, 6) is 0.335. The minimum absolute atomic E-state index is 0.00636. The average molecular weight is 349 g/mol. The van der Waals surface area contributed by atoms with Crippen molar-refractivity contribution >= 4 is 22.6 Å². The number of nitrogens with one attached hydrogen (secondary N) is 1. The molecule has 6 nitrogen and oxygen atoms in total. The van der Waals surface area contributed by atoms with E-state index in [2.05, 4.69) is 5.32 Å². The molecule has 1 atom stereocenters. The van der Waals surface area contributed by atoms with Gasteiger partial charge in [0, 0.05) is 25.2 Å². The van der Waals surface area contributed by atoms with Crippen LogP contribution in [0.5, 0.6) is 0 Å². The van der Waals surface area contributed by atoms with Gasteiger partial charge in [0.15, 0.2) is 0 Å². The van der Waals surface area contributed by atoms with Gasteiger partial charge in [0.2, 0.25) is 0 Å². The highest BCUT2D eigenvalue weighted by molar-refractivity contribution is 5.95. The Balaban J connectivity index is 1.85. The smallest absolute Gasteiger partial charge is 0.339 e. The second-order valence-electron chi connectivity index (χ2n) is 6.33. The van der Waals surface area contributed by atoms with Crippen LogP contribution in [0.4, 0.5) is 5.69 Å². The van der Waals surface area contributed by atoms with Gasteiger partial charge in [-0.2, -0.15) is 0 Å². The first-order valence-electron chi connectivity index (χ1n) is 8.53. The van der Waals surface area contributed by atoms with Crippen LogP contribution in [0.25, 0.3) is 10.9 Å². The summed E-state index contributed by atoms with van der Waals surface area (Å²) < 4.78 is 6.64. The molecule has 0 unspecified atom stereocenters. The molecule has 0 spiro atoms. The summed E-state index contributed by atoms with van der Waals surface area (Å²) in [5.41, 5.74) is 2.85. The summed E-state index contributed by atoms with van der Waals surface area (Å²) in [6, 6.07) is 13.1.